The van der Waals surface area contributed by atoms with Crippen molar-refractivity contribution >= 4 is 15.9 Å². The summed E-state index contributed by atoms with van der Waals surface area (Å²) in [6, 6.07) is 2.49. The fourth-order valence-corrected chi connectivity index (χ4v) is 2.09. The molecule has 1 N–H and O–H groups in total. The van der Waals surface area contributed by atoms with Gasteiger partial charge >= 0.3 is 0 Å². The molecular formula is C10H10BrF2N. The molecule has 76 valence electrons. The number of rotatable bonds is 1. The lowest BCUT2D eigenvalue weighted by molar-refractivity contribution is 0.563. The van der Waals surface area contributed by atoms with Crippen LogP contribution >= 0.6 is 15.9 Å². The van der Waals surface area contributed by atoms with E-state index in [0.717, 1.165) is 19.5 Å². The molecule has 1 nitrogen and oxygen atoms in total. The average molecular weight is 262 g/mol. The Morgan fingerprint density at radius 2 is 2.07 bits per heavy atom. The van der Waals surface area contributed by atoms with Gasteiger partial charge in [-0.2, -0.15) is 0 Å². The largest absolute Gasteiger partial charge is 0.316 e. The predicted octanol–water partition coefficient (Wildman–Crippen LogP) is 2.80. The Balaban J connectivity index is 2.37. The lowest BCUT2D eigenvalue weighted by Gasteiger charge is -2.10. The van der Waals surface area contributed by atoms with Crippen LogP contribution in [0.5, 0.6) is 0 Å². The summed E-state index contributed by atoms with van der Waals surface area (Å²) < 4.78 is 26.8. The van der Waals surface area contributed by atoms with Crippen LogP contribution in [0.4, 0.5) is 8.78 Å². The van der Waals surface area contributed by atoms with E-state index in [9.17, 15) is 8.78 Å². The van der Waals surface area contributed by atoms with Crippen LogP contribution in [-0.4, -0.2) is 13.1 Å². The van der Waals surface area contributed by atoms with Crippen molar-refractivity contribution in [2.45, 2.75) is 12.3 Å². The third-order valence-corrected chi connectivity index (χ3v) is 3.15. The Morgan fingerprint density at radius 1 is 1.29 bits per heavy atom. The Kier molecular flexibility index (Phi) is 2.83. The molecular weight excluding hydrogens is 252 g/mol. The summed E-state index contributed by atoms with van der Waals surface area (Å²) in [4.78, 5) is 0. The van der Waals surface area contributed by atoms with Crippen LogP contribution in [0.15, 0.2) is 16.6 Å². The van der Waals surface area contributed by atoms with Gasteiger partial charge in [0, 0.05) is 12.5 Å². The Morgan fingerprint density at radius 3 is 2.71 bits per heavy atom. The van der Waals surface area contributed by atoms with Crippen molar-refractivity contribution in [3.63, 3.8) is 0 Å². The van der Waals surface area contributed by atoms with E-state index in [1.54, 1.807) is 0 Å². The summed E-state index contributed by atoms with van der Waals surface area (Å²) in [6.45, 7) is 1.61. The zero-order valence-electron chi connectivity index (χ0n) is 7.49. The van der Waals surface area contributed by atoms with Gasteiger partial charge in [0.1, 0.15) is 11.6 Å². The second-order valence-electron chi connectivity index (χ2n) is 3.48. The minimum Gasteiger partial charge on any atom is -0.316 e. The van der Waals surface area contributed by atoms with E-state index < -0.39 is 5.82 Å². The number of halogens is 3. The van der Waals surface area contributed by atoms with Crippen molar-refractivity contribution in [1.82, 2.24) is 5.32 Å². The molecule has 0 bridgehead atoms. The predicted molar refractivity (Wildman–Crippen MR) is 54.3 cm³/mol. The number of nitrogens with one attached hydrogen (secondary N) is 1. The maximum Gasteiger partial charge on any atom is 0.137 e. The third-order valence-electron chi connectivity index (χ3n) is 2.54. The Bertz CT molecular complexity index is 348. The molecule has 1 aliphatic rings. The minimum absolute atomic E-state index is 0.109. The van der Waals surface area contributed by atoms with E-state index in [0.29, 0.717) is 5.56 Å². The molecule has 0 amide bonds. The number of hydrogen-bond donors (Lipinski definition) is 1. The van der Waals surface area contributed by atoms with E-state index in [1.807, 2.05) is 0 Å². The van der Waals surface area contributed by atoms with Crippen molar-refractivity contribution in [3.05, 3.63) is 33.8 Å². The molecule has 0 aromatic heterocycles. The maximum absolute atomic E-state index is 13.5. The smallest absolute Gasteiger partial charge is 0.137 e. The van der Waals surface area contributed by atoms with Crippen LogP contribution in [0.2, 0.25) is 0 Å². The zero-order chi connectivity index (χ0) is 10.1. The highest BCUT2D eigenvalue weighted by atomic mass is 79.9. The van der Waals surface area contributed by atoms with Gasteiger partial charge in [-0.05, 0) is 46.6 Å². The highest BCUT2D eigenvalue weighted by Gasteiger charge is 2.21. The summed E-state index contributed by atoms with van der Waals surface area (Å²) in [5.74, 6) is -0.613. The normalized spacial score (nSPS) is 21.5. The monoisotopic (exact) mass is 261 g/mol. The standard InChI is InChI=1S/C10H10BrF2N/c11-8-4-9(12)7(3-10(8)13)6-1-2-14-5-6/h3-4,6,14H,1-2,5H2. The van der Waals surface area contributed by atoms with Crippen LogP contribution in [0.25, 0.3) is 0 Å². The van der Waals surface area contributed by atoms with Crippen LogP contribution in [0.1, 0.15) is 17.9 Å². The van der Waals surface area contributed by atoms with E-state index in [1.165, 1.54) is 12.1 Å². The summed E-state index contributed by atoms with van der Waals surface area (Å²) in [5, 5.41) is 3.13. The minimum atomic E-state index is -0.395. The van der Waals surface area contributed by atoms with Crippen molar-refractivity contribution in [3.8, 4) is 0 Å². The topological polar surface area (TPSA) is 12.0 Å². The first-order valence-corrected chi connectivity index (χ1v) is 5.33. The van der Waals surface area contributed by atoms with Crippen LogP contribution in [0, 0.1) is 11.6 Å². The van der Waals surface area contributed by atoms with Gasteiger partial charge in [-0.15, -0.1) is 0 Å². The van der Waals surface area contributed by atoms with Gasteiger partial charge < -0.3 is 5.32 Å². The molecule has 1 aromatic rings. The maximum atomic E-state index is 13.5. The van der Waals surface area contributed by atoms with Gasteiger partial charge in [0.2, 0.25) is 0 Å². The molecule has 14 heavy (non-hydrogen) atoms. The first kappa shape index (κ1) is 10.1. The molecule has 0 aliphatic carbocycles. The van der Waals surface area contributed by atoms with Crippen molar-refractivity contribution in [2.24, 2.45) is 0 Å². The summed E-state index contributed by atoms with van der Waals surface area (Å²) in [5.41, 5.74) is 0.482. The Labute approximate surface area is 89.6 Å². The first-order valence-electron chi connectivity index (χ1n) is 4.53. The molecule has 1 heterocycles. The molecule has 1 aliphatic heterocycles. The summed E-state index contributed by atoms with van der Waals surface area (Å²) in [6.07, 6.45) is 0.873. The number of hydrogen-bond acceptors (Lipinski definition) is 1. The highest BCUT2D eigenvalue weighted by molar-refractivity contribution is 9.10. The molecule has 1 unspecified atom stereocenters. The van der Waals surface area contributed by atoms with E-state index in [2.05, 4.69) is 21.2 Å². The molecule has 4 heteroatoms. The molecule has 1 saturated heterocycles. The summed E-state index contributed by atoms with van der Waals surface area (Å²) >= 11 is 2.96. The van der Waals surface area contributed by atoms with E-state index in [4.69, 9.17) is 0 Å². The molecule has 1 aromatic carbocycles. The molecule has 0 spiro atoms. The second kappa shape index (κ2) is 3.95. The lowest BCUT2D eigenvalue weighted by atomic mass is 9.98. The highest BCUT2D eigenvalue weighted by Crippen LogP contribution is 2.28. The van der Waals surface area contributed by atoms with Crippen molar-refractivity contribution in [1.29, 1.82) is 0 Å². The van der Waals surface area contributed by atoms with Crippen LogP contribution in [0.3, 0.4) is 0 Å². The quantitative estimate of drug-likeness (QED) is 0.767. The molecule has 1 atom stereocenters. The zero-order valence-corrected chi connectivity index (χ0v) is 9.07. The van der Waals surface area contributed by atoms with Gasteiger partial charge in [0.25, 0.3) is 0 Å². The van der Waals surface area contributed by atoms with Gasteiger partial charge in [0.05, 0.1) is 4.47 Å². The fraction of sp³-hybridized carbons (Fsp3) is 0.400. The van der Waals surface area contributed by atoms with E-state index in [-0.39, 0.29) is 16.2 Å². The number of benzene rings is 1. The van der Waals surface area contributed by atoms with Crippen molar-refractivity contribution < 1.29 is 8.78 Å². The average Bonchev–Trinajstić information content (AvgIpc) is 2.64. The van der Waals surface area contributed by atoms with Crippen LogP contribution < -0.4 is 5.32 Å². The Hall–Kier alpha value is -0.480. The second-order valence-corrected chi connectivity index (χ2v) is 4.33. The van der Waals surface area contributed by atoms with Gasteiger partial charge in [0.15, 0.2) is 0 Å². The van der Waals surface area contributed by atoms with Gasteiger partial charge in [-0.3, -0.25) is 0 Å². The molecule has 1 fully saturated rings. The first-order chi connectivity index (χ1) is 6.68. The van der Waals surface area contributed by atoms with Crippen molar-refractivity contribution in [2.75, 3.05) is 13.1 Å². The molecule has 0 saturated carbocycles. The van der Waals surface area contributed by atoms with E-state index >= 15 is 0 Å². The molecule has 0 radical (unpaired) electrons. The summed E-state index contributed by atoms with van der Waals surface area (Å²) in [7, 11) is 0. The van der Waals surface area contributed by atoms with Gasteiger partial charge in [-0.25, -0.2) is 8.78 Å². The fourth-order valence-electron chi connectivity index (χ4n) is 1.77. The van der Waals surface area contributed by atoms with Gasteiger partial charge in [-0.1, -0.05) is 0 Å². The van der Waals surface area contributed by atoms with Crippen LogP contribution in [-0.2, 0) is 0 Å². The SMILES string of the molecule is Fc1cc(C2CCNC2)c(F)cc1Br. The third kappa shape index (κ3) is 1.81. The molecule has 2 rings (SSSR count). The lowest BCUT2D eigenvalue weighted by Crippen LogP contribution is -2.09.